The molecule has 1 aromatic rings. The van der Waals surface area contributed by atoms with Gasteiger partial charge in [0, 0.05) is 11.8 Å². The summed E-state index contributed by atoms with van der Waals surface area (Å²) in [6.07, 6.45) is -8.97. The molecule has 2 rings (SSSR count). The molecule has 0 bridgehead atoms. The molecule has 0 aromatic heterocycles. The molecule has 1 heterocycles. The van der Waals surface area contributed by atoms with Crippen LogP contribution in [0.3, 0.4) is 0 Å². The van der Waals surface area contributed by atoms with Crippen molar-refractivity contribution in [2.24, 2.45) is 0 Å². The first-order valence-electron chi connectivity index (χ1n) is 5.77. The maximum Gasteiger partial charge on any atom is 0.433 e. The van der Waals surface area contributed by atoms with Crippen LogP contribution in [0.25, 0.3) is 0 Å². The number of anilines is 1. The van der Waals surface area contributed by atoms with Gasteiger partial charge in [-0.15, -0.1) is 0 Å². The molecule has 0 saturated carbocycles. The van der Waals surface area contributed by atoms with Gasteiger partial charge in [0.15, 0.2) is 6.10 Å². The first-order valence-corrected chi connectivity index (χ1v) is 6.14. The fourth-order valence-electron chi connectivity index (χ4n) is 2.00. The van der Waals surface area contributed by atoms with E-state index in [1.807, 2.05) is 0 Å². The number of alkyl halides is 3. The number of nitro groups is 1. The molecule has 1 saturated heterocycles. The summed E-state index contributed by atoms with van der Waals surface area (Å²) in [5.74, 6) is -1.54. The van der Waals surface area contributed by atoms with Crippen molar-refractivity contribution < 1.29 is 32.7 Å². The van der Waals surface area contributed by atoms with Crippen molar-refractivity contribution >= 4 is 28.9 Å². The van der Waals surface area contributed by atoms with Gasteiger partial charge in [-0.05, 0) is 12.1 Å². The Hall–Kier alpha value is -2.07. The number of carboxylic acids is 1. The Morgan fingerprint density at radius 2 is 2.14 bits per heavy atom. The Morgan fingerprint density at radius 1 is 1.50 bits per heavy atom. The summed E-state index contributed by atoms with van der Waals surface area (Å²) in [7, 11) is 0. The SMILES string of the molecule is O=C(O)[C@@H]1CN(c2ccc([N+](=O)[O-])c(Cl)c2)[C@@H](C(F)(F)F)O1. The first-order chi connectivity index (χ1) is 10.1. The van der Waals surface area contributed by atoms with Crippen LogP contribution in [0.1, 0.15) is 0 Å². The van der Waals surface area contributed by atoms with E-state index < -0.39 is 41.6 Å². The van der Waals surface area contributed by atoms with Crippen molar-refractivity contribution in [3.8, 4) is 0 Å². The lowest BCUT2D eigenvalue weighted by atomic mass is 10.2. The number of rotatable bonds is 3. The summed E-state index contributed by atoms with van der Waals surface area (Å²) in [6.45, 7) is -0.562. The van der Waals surface area contributed by atoms with Crippen LogP contribution in [0.5, 0.6) is 0 Å². The first kappa shape index (κ1) is 16.3. The van der Waals surface area contributed by atoms with E-state index in [4.69, 9.17) is 16.7 Å². The van der Waals surface area contributed by atoms with Crippen LogP contribution >= 0.6 is 11.6 Å². The molecule has 0 radical (unpaired) electrons. The highest BCUT2D eigenvalue weighted by Crippen LogP contribution is 2.37. The number of aliphatic carboxylic acids is 1. The van der Waals surface area contributed by atoms with Crippen LogP contribution in [0.4, 0.5) is 24.5 Å². The van der Waals surface area contributed by atoms with Gasteiger partial charge in [0.1, 0.15) is 5.02 Å². The normalized spacial score (nSPS) is 21.9. The average Bonchev–Trinajstić information content (AvgIpc) is 2.83. The van der Waals surface area contributed by atoms with Gasteiger partial charge < -0.3 is 14.7 Å². The Kier molecular flexibility index (Phi) is 4.16. The molecule has 1 N–H and O–H groups in total. The topological polar surface area (TPSA) is 92.9 Å². The van der Waals surface area contributed by atoms with Gasteiger partial charge in [0.05, 0.1) is 11.5 Å². The van der Waals surface area contributed by atoms with Gasteiger partial charge in [0.25, 0.3) is 5.69 Å². The fourth-order valence-corrected chi connectivity index (χ4v) is 2.24. The van der Waals surface area contributed by atoms with Gasteiger partial charge in [-0.1, -0.05) is 11.6 Å². The predicted octanol–water partition coefficient (Wildman–Crippen LogP) is 2.43. The third kappa shape index (κ3) is 3.07. The van der Waals surface area contributed by atoms with Crippen molar-refractivity contribution in [1.29, 1.82) is 0 Å². The third-order valence-corrected chi connectivity index (χ3v) is 3.26. The number of halogens is 4. The number of carboxylic acid groups (broad SMARTS) is 1. The third-order valence-electron chi connectivity index (χ3n) is 2.95. The van der Waals surface area contributed by atoms with Crippen molar-refractivity contribution in [3.05, 3.63) is 33.3 Å². The molecule has 7 nitrogen and oxygen atoms in total. The molecule has 0 unspecified atom stereocenters. The number of hydrogen-bond donors (Lipinski definition) is 1. The van der Waals surface area contributed by atoms with E-state index in [1.54, 1.807) is 0 Å². The Bertz CT molecular complexity index is 624. The summed E-state index contributed by atoms with van der Waals surface area (Å²) in [5.41, 5.74) is -0.592. The summed E-state index contributed by atoms with van der Waals surface area (Å²) < 4.78 is 43.3. The number of hydrogen-bond acceptors (Lipinski definition) is 5. The van der Waals surface area contributed by atoms with E-state index in [9.17, 15) is 28.1 Å². The molecule has 0 aliphatic carbocycles. The van der Waals surface area contributed by atoms with E-state index in [0.717, 1.165) is 18.2 Å². The van der Waals surface area contributed by atoms with E-state index in [2.05, 4.69) is 4.74 Å². The molecular formula is C11H8ClF3N2O5. The number of ether oxygens (including phenoxy) is 1. The summed E-state index contributed by atoms with van der Waals surface area (Å²) >= 11 is 5.66. The molecule has 0 amide bonds. The summed E-state index contributed by atoms with van der Waals surface area (Å²) in [4.78, 5) is 21.3. The highest BCUT2D eigenvalue weighted by molar-refractivity contribution is 6.32. The van der Waals surface area contributed by atoms with Crippen LogP contribution in [0.2, 0.25) is 5.02 Å². The average molecular weight is 341 g/mol. The maximum absolute atomic E-state index is 12.9. The maximum atomic E-state index is 12.9. The molecule has 1 aliphatic heterocycles. The van der Waals surface area contributed by atoms with Crippen molar-refractivity contribution in [1.82, 2.24) is 0 Å². The largest absolute Gasteiger partial charge is 0.479 e. The highest BCUT2D eigenvalue weighted by Gasteiger charge is 2.52. The van der Waals surface area contributed by atoms with Gasteiger partial charge in [-0.2, -0.15) is 13.2 Å². The van der Waals surface area contributed by atoms with Gasteiger partial charge in [-0.3, -0.25) is 10.1 Å². The summed E-state index contributed by atoms with van der Waals surface area (Å²) in [5, 5.41) is 19.1. The molecule has 1 aliphatic rings. The second-order valence-electron chi connectivity index (χ2n) is 4.40. The van der Waals surface area contributed by atoms with Crippen molar-refractivity contribution in [2.75, 3.05) is 11.4 Å². The number of carbonyl (C=O) groups is 1. The number of nitro benzene ring substituents is 1. The van der Waals surface area contributed by atoms with E-state index in [1.165, 1.54) is 0 Å². The molecule has 1 fully saturated rings. The predicted molar refractivity (Wildman–Crippen MR) is 67.8 cm³/mol. The van der Waals surface area contributed by atoms with E-state index in [-0.39, 0.29) is 10.7 Å². The van der Waals surface area contributed by atoms with Gasteiger partial charge in [0.2, 0.25) is 6.23 Å². The zero-order chi connectivity index (χ0) is 16.7. The number of nitrogens with zero attached hydrogens (tertiary/aromatic N) is 2. The van der Waals surface area contributed by atoms with E-state index in [0.29, 0.717) is 4.90 Å². The molecule has 22 heavy (non-hydrogen) atoms. The summed E-state index contributed by atoms with van der Waals surface area (Å²) in [6, 6.07) is 2.96. The Balaban J connectivity index is 2.38. The van der Waals surface area contributed by atoms with E-state index >= 15 is 0 Å². The monoisotopic (exact) mass is 340 g/mol. The lowest BCUT2D eigenvalue weighted by Gasteiger charge is -2.26. The lowest BCUT2D eigenvalue weighted by molar-refractivity contribution is -0.384. The van der Waals surface area contributed by atoms with Crippen LogP contribution in [0, 0.1) is 10.1 Å². The fraction of sp³-hybridized carbons (Fsp3) is 0.364. The minimum absolute atomic E-state index is 0.123. The minimum Gasteiger partial charge on any atom is -0.479 e. The van der Waals surface area contributed by atoms with Gasteiger partial charge >= 0.3 is 12.1 Å². The van der Waals surface area contributed by atoms with Crippen molar-refractivity contribution in [2.45, 2.75) is 18.5 Å². The Labute approximate surface area is 126 Å². The second-order valence-corrected chi connectivity index (χ2v) is 4.81. The van der Waals surface area contributed by atoms with Crippen LogP contribution in [-0.2, 0) is 9.53 Å². The minimum atomic E-state index is -4.83. The zero-order valence-corrected chi connectivity index (χ0v) is 11.3. The zero-order valence-electron chi connectivity index (χ0n) is 10.6. The van der Waals surface area contributed by atoms with Gasteiger partial charge in [-0.25, -0.2) is 4.79 Å². The molecule has 0 spiro atoms. The number of benzene rings is 1. The van der Waals surface area contributed by atoms with Crippen LogP contribution < -0.4 is 4.90 Å². The molecular weight excluding hydrogens is 333 g/mol. The van der Waals surface area contributed by atoms with Crippen molar-refractivity contribution in [3.63, 3.8) is 0 Å². The molecule has 11 heteroatoms. The highest BCUT2D eigenvalue weighted by atomic mass is 35.5. The molecule has 120 valence electrons. The standard InChI is InChI=1S/C11H8ClF3N2O5/c12-6-3-5(1-2-7(6)17(20)21)16-4-8(9(18)19)22-10(16)11(13,14)15/h1-3,8,10H,4H2,(H,18,19)/t8-,10+/m0/s1. The quantitative estimate of drug-likeness (QED) is 0.671. The molecule has 1 aromatic carbocycles. The van der Waals surface area contributed by atoms with Crippen LogP contribution in [-0.4, -0.2) is 41.1 Å². The Morgan fingerprint density at radius 3 is 2.59 bits per heavy atom. The molecule has 2 atom stereocenters. The second kappa shape index (κ2) is 5.61. The lowest BCUT2D eigenvalue weighted by Crippen LogP contribution is -2.42. The van der Waals surface area contributed by atoms with Crippen LogP contribution in [0.15, 0.2) is 18.2 Å². The smallest absolute Gasteiger partial charge is 0.433 e.